The monoisotopic (exact) mass is 419 g/mol. The Bertz CT molecular complexity index is 933. The van der Waals surface area contributed by atoms with E-state index in [0.29, 0.717) is 18.1 Å². The van der Waals surface area contributed by atoms with Gasteiger partial charge in [0.05, 0.1) is 10.3 Å². The maximum absolute atomic E-state index is 12.6. The molecule has 150 valence electrons. The Labute approximate surface area is 170 Å². The highest BCUT2D eigenvalue weighted by Gasteiger charge is 2.27. The second kappa shape index (κ2) is 8.63. The molecule has 28 heavy (non-hydrogen) atoms. The fourth-order valence-electron chi connectivity index (χ4n) is 3.14. The Kier molecular flexibility index (Phi) is 6.42. The molecule has 1 N–H and O–H groups in total. The van der Waals surface area contributed by atoms with Crippen LogP contribution < -0.4 is 5.32 Å². The van der Waals surface area contributed by atoms with Gasteiger partial charge in [-0.15, -0.1) is 0 Å². The van der Waals surface area contributed by atoms with Crippen LogP contribution >= 0.6 is 11.8 Å². The minimum atomic E-state index is -3.47. The highest BCUT2D eigenvalue weighted by atomic mass is 32.2. The van der Waals surface area contributed by atoms with Gasteiger partial charge in [-0.2, -0.15) is 4.31 Å². The number of nitrogens with one attached hydrogen (secondary N) is 1. The summed E-state index contributed by atoms with van der Waals surface area (Å²) in [6.07, 6.45) is 3.17. The van der Waals surface area contributed by atoms with Crippen LogP contribution in [-0.2, 0) is 14.8 Å². The molecule has 1 atom stereocenters. The smallest absolute Gasteiger partial charge is 0.244 e. The first kappa shape index (κ1) is 20.8. The number of amides is 1. The van der Waals surface area contributed by atoms with Crippen molar-refractivity contribution < 1.29 is 13.2 Å². The number of aryl methyl sites for hydroxylation is 2. The molecule has 2 heterocycles. The Morgan fingerprint density at radius 1 is 1.14 bits per heavy atom. The molecule has 1 fully saturated rings. The Morgan fingerprint density at radius 2 is 1.79 bits per heavy atom. The molecule has 0 saturated carbocycles. The number of carbonyl (C=O) groups is 1. The molecule has 0 radical (unpaired) electrons. The molecule has 8 heteroatoms. The first-order valence-electron chi connectivity index (χ1n) is 9.29. The van der Waals surface area contributed by atoms with Crippen molar-refractivity contribution in [3.8, 4) is 0 Å². The zero-order valence-corrected chi connectivity index (χ0v) is 17.9. The summed E-state index contributed by atoms with van der Waals surface area (Å²) >= 11 is 1.30. The Morgan fingerprint density at radius 3 is 2.36 bits per heavy atom. The lowest BCUT2D eigenvalue weighted by Crippen LogP contribution is -2.28. The number of aromatic nitrogens is 1. The molecule has 1 unspecified atom stereocenters. The van der Waals surface area contributed by atoms with Gasteiger partial charge < -0.3 is 5.32 Å². The SMILES string of the molecule is Cc1cccc(C)c1NC(=O)C(C)Sc1ccc(S(=O)(=O)N2CCCC2)cn1. The van der Waals surface area contributed by atoms with Gasteiger partial charge in [0.25, 0.3) is 0 Å². The summed E-state index contributed by atoms with van der Waals surface area (Å²) in [5.41, 5.74) is 2.86. The predicted octanol–water partition coefficient (Wildman–Crippen LogP) is 3.60. The average Bonchev–Trinajstić information content (AvgIpc) is 3.21. The van der Waals surface area contributed by atoms with E-state index in [1.807, 2.05) is 39.0 Å². The quantitative estimate of drug-likeness (QED) is 0.724. The van der Waals surface area contributed by atoms with Crippen molar-refractivity contribution in [2.75, 3.05) is 18.4 Å². The summed E-state index contributed by atoms with van der Waals surface area (Å²) in [7, 11) is -3.47. The van der Waals surface area contributed by atoms with Crippen LogP contribution in [0, 0.1) is 13.8 Å². The van der Waals surface area contributed by atoms with Crippen LogP contribution in [0.3, 0.4) is 0 Å². The van der Waals surface area contributed by atoms with Crippen molar-refractivity contribution >= 4 is 33.4 Å². The van der Waals surface area contributed by atoms with E-state index in [1.54, 1.807) is 12.1 Å². The standard InChI is InChI=1S/C20H25N3O3S2/c1-14-7-6-8-15(2)19(14)22-20(24)16(3)27-18-10-9-17(13-21-18)28(25,26)23-11-4-5-12-23/h6-10,13,16H,4-5,11-12H2,1-3H3,(H,22,24). The van der Waals surface area contributed by atoms with Gasteiger partial charge in [-0.25, -0.2) is 13.4 Å². The third-order valence-corrected chi connectivity index (χ3v) is 7.74. The van der Waals surface area contributed by atoms with E-state index >= 15 is 0 Å². The lowest BCUT2D eigenvalue weighted by atomic mass is 10.1. The van der Waals surface area contributed by atoms with Crippen LogP contribution in [0.2, 0.25) is 0 Å². The van der Waals surface area contributed by atoms with E-state index in [9.17, 15) is 13.2 Å². The van der Waals surface area contributed by atoms with Crippen LogP contribution in [0.4, 0.5) is 5.69 Å². The fourth-order valence-corrected chi connectivity index (χ4v) is 5.39. The van der Waals surface area contributed by atoms with Crippen molar-refractivity contribution in [1.29, 1.82) is 0 Å². The molecular formula is C20H25N3O3S2. The number of pyridine rings is 1. The summed E-state index contributed by atoms with van der Waals surface area (Å²) < 4.78 is 26.6. The lowest BCUT2D eigenvalue weighted by Gasteiger charge is -2.16. The van der Waals surface area contributed by atoms with Crippen molar-refractivity contribution in [1.82, 2.24) is 9.29 Å². The number of anilines is 1. The van der Waals surface area contributed by atoms with Gasteiger partial charge >= 0.3 is 0 Å². The van der Waals surface area contributed by atoms with Gasteiger partial charge in [0, 0.05) is 25.0 Å². The van der Waals surface area contributed by atoms with E-state index in [2.05, 4.69) is 10.3 Å². The molecule has 0 bridgehead atoms. The zero-order chi connectivity index (χ0) is 20.3. The number of hydrogen-bond donors (Lipinski definition) is 1. The van der Waals surface area contributed by atoms with Gasteiger partial charge in [-0.05, 0) is 56.9 Å². The van der Waals surface area contributed by atoms with E-state index in [1.165, 1.54) is 22.3 Å². The molecule has 1 aromatic carbocycles. The van der Waals surface area contributed by atoms with Gasteiger partial charge in [0.1, 0.15) is 4.90 Å². The molecule has 0 aliphatic carbocycles. The molecule has 3 rings (SSSR count). The second-order valence-electron chi connectivity index (χ2n) is 6.96. The fraction of sp³-hybridized carbons (Fsp3) is 0.400. The normalized spacial score (nSPS) is 16.1. The highest BCUT2D eigenvalue weighted by Crippen LogP contribution is 2.26. The second-order valence-corrected chi connectivity index (χ2v) is 10.3. The number of sulfonamides is 1. The van der Waals surface area contributed by atoms with Crippen LogP contribution in [0.5, 0.6) is 0 Å². The van der Waals surface area contributed by atoms with E-state index in [4.69, 9.17) is 0 Å². The molecule has 1 aliphatic rings. The third-order valence-electron chi connectivity index (χ3n) is 4.81. The van der Waals surface area contributed by atoms with Crippen molar-refractivity contribution in [2.45, 2.75) is 48.8 Å². The first-order valence-corrected chi connectivity index (χ1v) is 11.6. The van der Waals surface area contributed by atoms with Crippen LogP contribution in [0.1, 0.15) is 30.9 Å². The summed E-state index contributed by atoms with van der Waals surface area (Å²) in [6, 6.07) is 9.11. The minimum absolute atomic E-state index is 0.113. The highest BCUT2D eigenvalue weighted by molar-refractivity contribution is 8.00. The summed E-state index contributed by atoms with van der Waals surface area (Å²) in [5, 5.41) is 3.23. The average molecular weight is 420 g/mol. The van der Waals surface area contributed by atoms with Gasteiger partial charge in [-0.3, -0.25) is 4.79 Å². The Balaban J connectivity index is 1.65. The molecule has 1 saturated heterocycles. The number of hydrogen-bond acceptors (Lipinski definition) is 5. The van der Waals surface area contributed by atoms with Crippen molar-refractivity contribution in [2.24, 2.45) is 0 Å². The molecule has 6 nitrogen and oxygen atoms in total. The number of rotatable bonds is 6. The topological polar surface area (TPSA) is 79.4 Å². The number of benzene rings is 1. The van der Waals surface area contributed by atoms with Crippen LogP contribution in [0.25, 0.3) is 0 Å². The molecule has 0 spiro atoms. The number of thioether (sulfide) groups is 1. The molecule has 1 aromatic heterocycles. The van der Waals surface area contributed by atoms with Crippen molar-refractivity contribution in [3.63, 3.8) is 0 Å². The molecule has 1 aliphatic heterocycles. The van der Waals surface area contributed by atoms with E-state index in [0.717, 1.165) is 29.7 Å². The molecule has 2 aromatic rings. The van der Waals surface area contributed by atoms with E-state index < -0.39 is 10.0 Å². The van der Waals surface area contributed by atoms with Crippen LogP contribution in [-0.4, -0.2) is 42.0 Å². The summed E-state index contributed by atoms with van der Waals surface area (Å²) in [4.78, 5) is 17.0. The van der Waals surface area contributed by atoms with Gasteiger partial charge in [0.15, 0.2) is 0 Å². The predicted molar refractivity (Wildman–Crippen MR) is 112 cm³/mol. The van der Waals surface area contributed by atoms with Crippen LogP contribution in [0.15, 0.2) is 46.5 Å². The maximum Gasteiger partial charge on any atom is 0.244 e. The van der Waals surface area contributed by atoms with Crippen molar-refractivity contribution in [3.05, 3.63) is 47.7 Å². The Hall–Kier alpha value is -1.90. The number of carbonyl (C=O) groups excluding carboxylic acids is 1. The zero-order valence-electron chi connectivity index (χ0n) is 16.3. The molecular weight excluding hydrogens is 394 g/mol. The van der Waals surface area contributed by atoms with E-state index in [-0.39, 0.29) is 16.1 Å². The lowest BCUT2D eigenvalue weighted by molar-refractivity contribution is -0.115. The minimum Gasteiger partial charge on any atom is -0.325 e. The largest absolute Gasteiger partial charge is 0.325 e. The molecule has 1 amide bonds. The number of nitrogens with zero attached hydrogens (tertiary/aromatic N) is 2. The number of para-hydroxylation sites is 1. The summed E-state index contributed by atoms with van der Waals surface area (Å²) in [5.74, 6) is -0.113. The summed E-state index contributed by atoms with van der Waals surface area (Å²) in [6.45, 7) is 6.86. The van der Waals surface area contributed by atoms with Gasteiger partial charge in [0.2, 0.25) is 15.9 Å². The van der Waals surface area contributed by atoms with Gasteiger partial charge in [-0.1, -0.05) is 30.0 Å². The third kappa shape index (κ3) is 4.56. The maximum atomic E-state index is 12.6. The first-order chi connectivity index (χ1) is 13.3.